The van der Waals surface area contributed by atoms with Crippen molar-refractivity contribution in [3.05, 3.63) is 0 Å². The molecule has 0 aromatic heterocycles. The maximum absolute atomic E-state index is 12.0. The molecule has 1 aliphatic heterocycles. The predicted molar refractivity (Wildman–Crippen MR) is 72.8 cm³/mol. The van der Waals surface area contributed by atoms with Crippen molar-refractivity contribution in [1.29, 1.82) is 0 Å². The second kappa shape index (κ2) is 8.04. The minimum atomic E-state index is -0.555. The van der Waals surface area contributed by atoms with Crippen LogP contribution in [0.1, 0.15) is 33.6 Å². The van der Waals surface area contributed by atoms with Crippen molar-refractivity contribution in [3.8, 4) is 0 Å². The van der Waals surface area contributed by atoms with Crippen molar-refractivity contribution < 1.29 is 23.6 Å². The van der Waals surface area contributed by atoms with E-state index in [0.29, 0.717) is 20.1 Å². The SMILES string of the molecule is CF.CON(C)C(=O)C1CCCN1C(=O)OC(C)(C)C. The highest BCUT2D eigenvalue weighted by molar-refractivity contribution is 5.85. The minimum absolute atomic E-state index is 0.221. The molecule has 118 valence electrons. The molecule has 1 unspecified atom stereocenters. The number of rotatable bonds is 2. The van der Waals surface area contributed by atoms with Crippen LogP contribution in [0.3, 0.4) is 0 Å². The zero-order chi connectivity index (χ0) is 15.9. The van der Waals surface area contributed by atoms with Crippen LogP contribution in [-0.4, -0.2) is 61.5 Å². The van der Waals surface area contributed by atoms with E-state index in [4.69, 9.17) is 9.57 Å². The van der Waals surface area contributed by atoms with E-state index in [0.717, 1.165) is 11.5 Å². The molecule has 0 aliphatic carbocycles. The average molecular weight is 292 g/mol. The van der Waals surface area contributed by atoms with Gasteiger partial charge >= 0.3 is 6.09 Å². The van der Waals surface area contributed by atoms with Gasteiger partial charge in [0.15, 0.2) is 0 Å². The Kier molecular flexibility index (Phi) is 7.49. The molecule has 0 saturated carbocycles. The third-order valence-electron chi connectivity index (χ3n) is 2.75. The molecule has 6 nitrogen and oxygen atoms in total. The van der Waals surface area contributed by atoms with Crippen molar-refractivity contribution in [1.82, 2.24) is 9.96 Å². The largest absolute Gasteiger partial charge is 0.444 e. The van der Waals surface area contributed by atoms with E-state index in [9.17, 15) is 14.0 Å². The van der Waals surface area contributed by atoms with Crippen LogP contribution in [0.4, 0.5) is 9.18 Å². The molecule has 0 radical (unpaired) electrons. The number of halogens is 1. The van der Waals surface area contributed by atoms with E-state index in [-0.39, 0.29) is 5.91 Å². The first kappa shape index (κ1) is 18.6. The highest BCUT2D eigenvalue weighted by atomic mass is 19.1. The fourth-order valence-corrected chi connectivity index (χ4v) is 1.86. The van der Waals surface area contributed by atoms with E-state index in [1.807, 2.05) is 0 Å². The van der Waals surface area contributed by atoms with Crippen LogP contribution < -0.4 is 0 Å². The maximum Gasteiger partial charge on any atom is 0.410 e. The summed E-state index contributed by atoms with van der Waals surface area (Å²) < 4.78 is 14.8. The van der Waals surface area contributed by atoms with Crippen molar-refractivity contribution in [2.24, 2.45) is 0 Å². The summed E-state index contributed by atoms with van der Waals surface area (Å²) in [6.45, 7) is 5.96. The summed E-state index contributed by atoms with van der Waals surface area (Å²) in [5.41, 5.74) is -0.555. The van der Waals surface area contributed by atoms with E-state index < -0.39 is 17.7 Å². The zero-order valence-corrected chi connectivity index (χ0v) is 13.1. The van der Waals surface area contributed by atoms with Crippen molar-refractivity contribution >= 4 is 12.0 Å². The van der Waals surface area contributed by atoms with Gasteiger partial charge in [-0.3, -0.25) is 18.9 Å². The Morgan fingerprint density at radius 2 is 1.85 bits per heavy atom. The van der Waals surface area contributed by atoms with E-state index in [1.54, 1.807) is 20.8 Å². The Morgan fingerprint density at radius 1 is 1.30 bits per heavy atom. The van der Waals surface area contributed by atoms with Gasteiger partial charge in [-0.2, -0.15) is 0 Å². The smallest absolute Gasteiger partial charge is 0.410 e. The molecular formula is C13H25FN2O4. The summed E-state index contributed by atoms with van der Waals surface area (Å²) >= 11 is 0. The monoisotopic (exact) mass is 292 g/mol. The molecule has 1 aliphatic rings. The summed E-state index contributed by atoms with van der Waals surface area (Å²) in [7, 11) is 3.46. The van der Waals surface area contributed by atoms with Crippen LogP contribution in [0, 0.1) is 0 Å². The van der Waals surface area contributed by atoms with E-state index in [1.165, 1.54) is 19.1 Å². The molecule has 0 spiro atoms. The molecule has 0 N–H and O–H groups in total. The van der Waals surface area contributed by atoms with Gasteiger partial charge < -0.3 is 4.74 Å². The van der Waals surface area contributed by atoms with Gasteiger partial charge in [0.1, 0.15) is 11.6 Å². The highest BCUT2D eigenvalue weighted by Crippen LogP contribution is 2.22. The first-order valence-electron chi connectivity index (χ1n) is 6.45. The molecular weight excluding hydrogens is 267 g/mol. The fraction of sp³-hybridized carbons (Fsp3) is 0.846. The van der Waals surface area contributed by atoms with Crippen LogP contribution in [0.2, 0.25) is 0 Å². The first-order valence-corrected chi connectivity index (χ1v) is 6.45. The lowest BCUT2D eigenvalue weighted by molar-refractivity contribution is -0.173. The predicted octanol–water partition coefficient (Wildman–Crippen LogP) is 1.99. The van der Waals surface area contributed by atoms with Crippen LogP contribution in [-0.2, 0) is 14.4 Å². The van der Waals surface area contributed by atoms with E-state index in [2.05, 4.69) is 0 Å². The number of carbonyl (C=O) groups excluding carboxylic acids is 2. The van der Waals surface area contributed by atoms with Crippen LogP contribution in [0.25, 0.3) is 0 Å². The normalized spacial score (nSPS) is 18.1. The Hall–Kier alpha value is -1.37. The van der Waals surface area contributed by atoms with Crippen LogP contribution in [0.15, 0.2) is 0 Å². The number of hydrogen-bond acceptors (Lipinski definition) is 4. The van der Waals surface area contributed by atoms with Crippen LogP contribution >= 0.6 is 0 Å². The topological polar surface area (TPSA) is 59.1 Å². The summed E-state index contributed by atoms with van der Waals surface area (Å²) in [6, 6.07) is -0.482. The molecule has 1 fully saturated rings. The molecule has 0 aromatic rings. The number of hydrogen-bond donors (Lipinski definition) is 0. The number of likely N-dealkylation sites (tertiary alicyclic amines) is 1. The lowest BCUT2D eigenvalue weighted by Crippen LogP contribution is -2.47. The number of hydroxylamine groups is 2. The van der Waals surface area contributed by atoms with Gasteiger partial charge in [0, 0.05) is 13.6 Å². The lowest BCUT2D eigenvalue weighted by Gasteiger charge is -2.29. The van der Waals surface area contributed by atoms with Gasteiger partial charge in [-0.1, -0.05) is 0 Å². The molecule has 1 rings (SSSR count). The Balaban J connectivity index is 0.00000172. The molecule has 2 amide bonds. The van der Waals surface area contributed by atoms with Gasteiger partial charge in [-0.05, 0) is 33.6 Å². The average Bonchev–Trinajstić information content (AvgIpc) is 2.86. The summed E-state index contributed by atoms with van der Waals surface area (Å²) in [4.78, 5) is 30.3. The van der Waals surface area contributed by atoms with Gasteiger partial charge in [-0.15, -0.1) is 0 Å². The van der Waals surface area contributed by atoms with Crippen molar-refractivity contribution in [2.75, 3.05) is 27.9 Å². The minimum Gasteiger partial charge on any atom is -0.444 e. The second-order valence-electron chi connectivity index (χ2n) is 5.35. The quantitative estimate of drug-likeness (QED) is 0.730. The Labute approximate surface area is 119 Å². The lowest BCUT2D eigenvalue weighted by atomic mass is 10.2. The number of alkyl halides is 1. The zero-order valence-electron chi connectivity index (χ0n) is 13.1. The van der Waals surface area contributed by atoms with Gasteiger partial charge in [0.25, 0.3) is 5.91 Å². The number of ether oxygens (including phenoxy) is 1. The molecule has 20 heavy (non-hydrogen) atoms. The third kappa shape index (κ3) is 5.32. The van der Waals surface area contributed by atoms with Crippen molar-refractivity contribution in [3.63, 3.8) is 0 Å². The standard InChI is InChI=1S/C12H22N2O4.CH3F/c1-12(2,3)18-11(16)14-8-6-7-9(14)10(15)13(4)17-5;1-2/h9H,6-8H2,1-5H3;1H3. The summed E-state index contributed by atoms with van der Waals surface area (Å²) in [6.07, 6.45) is 1.00. The molecule has 1 heterocycles. The molecule has 1 atom stereocenters. The summed E-state index contributed by atoms with van der Waals surface area (Å²) in [5, 5.41) is 1.15. The second-order valence-corrected chi connectivity index (χ2v) is 5.35. The van der Waals surface area contributed by atoms with E-state index >= 15 is 0 Å². The van der Waals surface area contributed by atoms with Gasteiger partial charge in [0.2, 0.25) is 0 Å². The summed E-state index contributed by atoms with van der Waals surface area (Å²) in [5.74, 6) is -0.221. The number of nitrogens with zero attached hydrogens (tertiary/aromatic N) is 2. The number of amides is 2. The van der Waals surface area contributed by atoms with Gasteiger partial charge in [0.05, 0.1) is 14.3 Å². The number of likely N-dealkylation sites (N-methyl/N-ethyl adjacent to an activating group) is 1. The molecule has 0 aromatic carbocycles. The third-order valence-corrected chi connectivity index (χ3v) is 2.75. The Bertz CT molecular complexity index is 331. The van der Waals surface area contributed by atoms with Gasteiger partial charge in [-0.25, -0.2) is 9.86 Å². The fourth-order valence-electron chi connectivity index (χ4n) is 1.86. The van der Waals surface area contributed by atoms with Crippen LogP contribution in [0.5, 0.6) is 0 Å². The molecule has 0 bridgehead atoms. The number of carbonyl (C=O) groups is 2. The highest BCUT2D eigenvalue weighted by Gasteiger charge is 2.38. The molecule has 7 heteroatoms. The first-order chi connectivity index (χ1) is 9.26. The molecule has 1 saturated heterocycles. The maximum atomic E-state index is 12.0. The Morgan fingerprint density at radius 3 is 2.30 bits per heavy atom. The van der Waals surface area contributed by atoms with Crippen molar-refractivity contribution in [2.45, 2.75) is 45.3 Å².